The Kier molecular flexibility index (Phi) is 5.00. The zero-order valence-corrected chi connectivity index (χ0v) is 8.73. The van der Waals surface area contributed by atoms with Gasteiger partial charge < -0.3 is 11.5 Å². The average molecular weight is 251 g/mol. The normalized spacial score (nSPS) is 9.00. The Bertz CT molecular complexity index is 249. The van der Waals surface area contributed by atoms with Gasteiger partial charge in [0.15, 0.2) is 0 Å². The summed E-state index contributed by atoms with van der Waals surface area (Å²) in [6, 6.07) is 0. The van der Waals surface area contributed by atoms with Gasteiger partial charge in [-0.05, 0) is 6.92 Å². The van der Waals surface area contributed by atoms with E-state index in [1.54, 1.807) is 0 Å². The first-order valence-electron chi connectivity index (χ1n) is 3.37. The standard InChI is InChI=1S/C5H10N6O.BrH/c1-2-12-11-5-9-3(6)8-4(7)10-5;/h2H2,1H3,(H5,6,7,8,9,10,11);1H. The predicted octanol–water partition coefficient (Wildman–Crippen LogP) is -0.0227. The Morgan fingerprint density at radius 2 is 1.77 bits per heavy atom. The van der Waals surface area contributed by atoms with E-state index in [1.165, 1.54) is 0 Å². The van der Waals surface area contributed by atoms with Gasteiger partial charge in [0, 0.05) is 0 Å². The maximum absolute atomic E-state index is 5.29. The second kappa shape index (κ2) is 5.49. The molecule has 0 aliphatic carbocycles. The van der Waals surface area contributed by atoms with Gasteiger partial charge in [-0.15, -0.1) is 17.0 Å². The van der Waals surface area contributed by atoms with Gasteiger partial charge >= 0.3 is 0 Å². The first kappa shape index (κ1) is 11.8. The third-order valence-electron chi connectivity index (χ3n) is 0.978. The number of hydrogen-bond acceptors (Lipinski definition) is 7. The summed E-state index contributed by atoms with van der Waals surface area (Å²) < 4.78 is 0. The molecule has 0 fully saturated rings. The van der Waals surface area contributed by atoms with Gasteiger partial charge in [0.25, 0.3) is 5.95 Å². The number of rotatable bonds is 3. The minimum atomic E-state index is 0. The molecular formula is C5H11BrN6O. The van der Waals surface area contributed by atoms with Crippen LogP contribution < -0.4 is 16.9 Å². The molecule has 0 aliphatic rings. The largest absolute Gasteiger partial charge is 0.368 e. The molecule has 1 heterocycles. The van der Waals surface area contributed by atoms with Crippen LogP contribution in [0.1, 0.15) is 6.92 Å². The monoisotopic (exact) mass is 250 g/mol. The summed E-state index contributed by atoms with van der Waals surface area (Å²) >= 11 is 0. The molecule has 1 rings (SSSR count). The summed E-state index contributed by atoms with van der Waals surface area (Å²) in [5.74, 6) is 0.330. The van der Waals surface area contributed by atoms with Crippen LogP contribution in [0.15, 0.2) is 0 Å². The van der Waals surface area contributed by atoms with Crippen molar-refractivity contribution >= 4 is 34.8 Å². The van der Waals surface area contributed by atoms with E-state index >= 15 is 0 Å². The second-order valence-electron chi connectivity index (χ2n) is 1.91. The second-order valence-corrected chi connectivity index (χ2v) is 1.91. The highest BCUT2D eigenvalue weighted by molar-refractivity contribution is 8.93. The topological polar surface area (TPSA) is 112 Å². The van der Waals surface area contributed by atoms with Gasteiger partial charge in [0.1, 0.15) is 0 Å². The van der Waals surface area contributed by atoms with Crippen molar-refractivity contribution in [3.05, 3.63) is 0 Å². The number of nitrogens with zero attached hydrogens (tertiary/aromatic N) is 3. The number of anilines is 3. The quantitative estimate of drug-likeness (QED) is 0.647. The number of halogens is 1. The van der Waals surface area contributed by atoms with E-state index in [9.17, 15) is 0 Å². The Hall–Kier alpha value is -1.15. The molecule has 8 heteroatoms. The van der Waals surface area contributed by atoms with Crippen molar-refractivity contribution in [2.45, 2.75) is 6.92 Å². The van der Waals surface area contributed by atoms with Crippen LogP contribution in [0.4, 0.5) is 17.8 Å². The molecular weight excluding hydrogens is 240 g/mol. The fraction of sp³-hybridized carbons (Fsp3) is 0.400. The SMILES string of the molecule is Br.CCONc1nc(N)nc(N)n1. The summed E-state index contributed by atoms with van der Waals surface area (Å²) in [5.41, 5.74) is 13.0. The molecule has 74 valence electrons. The van der Waals surface area contributed by atoms with Crippen LogP contribution >= 0.6 is 17.0 Å². The maximum atomic E-state index is 5.29. The number of nitrogens with two attached hydrogens (primary N) is 2. The fourth-order valence-corrected chi connectivity index (χ4v) is 0.592. The third kappa shape index (κ3) is 3.85. The summed E-state index contributed by atoms with van der Waals surface area (Å²) in [6.07, 6.45) is 0. The first-order chi connectivity index (χ1) is 5.72. The number of hydrogen-bond donors (Lipinski definition) is 3. The highest BCUT2D eigenvalue weighted by Gasteiger charge is 1.99. The summed E-state index contributed by atoms with van der Waals surface area (Å²) in [6.45, 7) is 2.31. The van der Waals surface area contributed by atoms with Crippen molar-refractivity contribution in [1.82, 2.24) is 15.0 Å². The van der Waals surface area contributed by atoms with Crippen LogP contribution in [-0.4, -0.2) is 21.6 Å². The molecule has 5 N–H and O–H groups in total. The van der Waals surface area contributed by atoms with Crippen molar-refractivity contribution in [3.63, 3.8) is 0 Å². The lowest BCUT2D eigenvalue weighted by atomic mass is 10.8. The van der Waals surface area contributed by atoms with Crippen LogP contribution in [0.2, 0.25) is 0 Å². The fourth-order valence-electron chi connectivity index (χ4n) is 0.592. The van der Waals surface area contributed by atoms with Gasteiger partial charge in [-0.2, -0.15) is 15.0 Å². The van der Waals surface area contributed by atoms with E-state index < -0.39 is 0 Å². The molecule has 0 saturated carbocycles. The number of nitrogens with one attached hydrogen (secondary N) is 1. The van der Waals surface area contributed by atoms with Crippen LogP contribution in [-0.2, 0) is 4.84 Å². The molecule has 0 amide bonds. The number of aromatic nitrogens is 3. The van der Waals surface area contributed by atoms with Crippen molar-refractivity contribution in [2.75, 3.05) is 23.6 Å². The van der Waals surface area contributed by atoms with Crippen LogP contribution in [0.25, 0.3) is 0 Å². The van der Waals surface area contributed by atoms with Crippen LogP contribution in [0, 0.1) is 0 Å². The molecule has 0 aliphatic heterocycles. The summed E-state index contributed by atoms with van der Waals surface area (Å²) in [4.78, 5) is 15.8. The van der Waals surface area contributed by atoms with Gasteiger partial charge in [-0.25, -0.2) is 5.48 Å². The van der Waals surface area contributed by atoms with Crippen LogP contribution in [0.5, 0.6) is 0 Å². The molecule has 0 bridgehead atoms. The lowest BCUT2D eigenvalue weighted by Gasteiger charge is -2.03. The Labute approximate surface area is 85.6 Å². The van der Waals surface area contributed by atoms with Gasteiger partial charge in [-0.1, -0.05) is 0 Å². The average Bonchev–Trinajstić information content (AvgIpc) is 1.99. The molecule has 0 unspecified atom stereocenters. The zero-order chi connectivity index (χ0) is 8.97. The van der Waals surface area contributed by atoms with E-state index in [-0.39, 0.29) is 34.8 Å². The molecule has 1 aromatic rings. The lowest BCUT2D eigenvalue weighted by molar-refractivity contribution is 0.207. The number of nitrogen functional groups attached to an aromatic ring is 2. The molecule has 0 aromatic carbocycles. The van der Waals surface area contributed by atoms with Crippen molar-refractivity contribution in [2.24, 2.45) is 0 Å². The van der Waals surface area contributed by atoms with Gasteiger partial charge in [-0.3, -0.25) is 4.84 Å². The highest BCUT2D eigenvalue weighted by Crippen LogP contribution is 2.02. The first-order valence-corrected chi connectivity index (χ1v) is 3.37. The smallest absolute Gasteiger partial charge is 0.253 e. The Balaban J connectivity index is 0.00000144. The van der Waals surface area contributed by atoms with Crippen LogP contribution in [0.3, 0.4) is 0 Å². The molecule has 0 atom stereocenters. The minimum Gasteiger partial charge on any atom is -0.368 e. The summed E-state index contributed by atoms with van der Waals surface area (Å²) in [5, 5.41) is 0. The molecule has 0 radical (unpaired) electrons. The summed E-state index contributed by atoms with van der Waals surface area (Å²) in [7, 11) is 0. The Morgan fingerprint density at radius 1 is 1.23 bits per heavy atom. The van der Waals surface area contributed by atoms with E-state index in [0.717, 1.165) is 0 Å². The molecule has 0 saturated heterocycles. The Morgan fingerprint density at radius 3 is 2.23 bits per heavy atom. The predicted molar refractivity (Wildman–Crippen MR) is 54.2 cm³/mol. The van der Waals surface area contributed by atoms with E-state index in [1.807, 2.05) is 6.92 Å². The van der Waals surface area contributed by atoms with E-state index in [4.69, 9.17) is 16.3 Å². The zero-order valence-electron chi connectivity index (χ0n) is 7.02. The van der Waals surface area contributed by atoms with Gasteiger partial charge in [0.2, 0.25) is 11.9 Å². The molecule has 0 spiro atoms. The highest BCUT2D eigenvalue weighted by atomic mass is 79.9. The van der Waals surface area contributed by atoms with E-state index in [0.29, 0.717) is 6.61 Å². The van der Waals surface area contributed by atoms with Crippen molar-refractivity contribution < 1.29 is 4.84 Å². The van der Waals surface area contributed by atoms with E-state index in [2.05, 4.69) is 20.4 Å². The molecule has 7 nitrogen and oxygen atoms in total. The molecule has 1 aromatic heterocycles. The lowest BCUT2D eigenvalue weighted by Crippen LogP contribution is -2.09. The maximum Gasteiger partial charge on any atom is 0.253 e. The minimum absolute atomic E-state index is 0. The van der Waals surface area contributed by atoms with Gasteiger partial charge in [0.05, 0.1) is 6.61 Å². The van der Waals surface area contributed by atoms with Crippen molar-refractivity contribution in [3.8, 4) is 0 Å². The molecule has 13 heavy (non-hydrogen) atoms. The third-order valence-corrected chi connectivity index (χ3v) is 0.978. The van der Waals surface area contributed by atoms with Crippen molar-refractivity contribution in [1.29, 1.82) is 0 Å².